The van der Waals surface area contributed by atoms with Crippen LogP contribution >= 0.6 is 0 Å². The van der Waals surface area contributed by atoms with Crippen molar-refractivity contribution in [2.45, 2.75) is 33.6 Å². The summed E-state index contributed by atoms with van der Waals surface area (Å²) in [5, 5.41) is 2.90. The maximum Gasteiger partial charge on any atom is 0.228 e. The molecule has 2 aromatic rings. The van der Waals surface area contributed by atoms with Crippen LogP contribution in [0.3, 0.4) is 0 Å². The third-order valence-corrected chi connectivity index (χ3v) is 3.75. The Kier molecular flexibility index (Phi) is 4.63. The monoisotopic (exact) mass is 282 g/mol. The number of nitrogens with one attached hydrogen (secondary N) is 1. The van der Waals surface area contributed by atoms with Gasteiger partial charge in [-0.15, -0.1) is 0 Å². The maximum absolute atomic E-state index is 12.1. The second kappa shape index (κ2) is 6.44. The van der Waals surface area contributed by atoms with Gasteiger partial charge in [-0.1, -0.05) is 31.2 Å². The molecule has 0 bridgehead atoms. The number of benzene rings is 2. The zero-order valence-corrected chi connectivity index (χ0v) is 12.9. The molecule has 0 aliphatic rings. The lowest BCUT2D eigenvalue weighted by molar-refractivity contribution is -0.115. The Labute approximate surface area is 126 Å². The zero-order chi connectivity index (χ0) is 15.4. The van der Waals surface area contributed by atoms with Crippen LogP contribution in [0.5, 0.6) is 0 Å². The van der Waals surface area contributed by atoms with E-state index in [0.717, 1.165) is 28.9 Å². The molecule has 0 heterocycles. The van der Waals surface area contributed by atoms with Crippen molar-refractivity contribution in [3.05, 3.63) is 58.7 Å². The number of hydrogen-bond acceptors (Lipinski definition) is 2. The summed E-state index contributed by atoms with van der Waals surface area (Å²) in [4.78, 5) is 12.1. The number of anilines is 2. The summed E-state index contributed by atoms with van der Waals surface area (Å²) in [6, 6.07) is 11.8. The molecule has 2 aromatic carbocycles. The lowest BCUT2D eigenvalue weighted by Crippen LogP contribution is -2.14. The van der Waals surface area contributed by atoms with Crippen molar-refractivity contribution in [2.75, 3.05) is 11.1 Å². The molecule has 0 saturated carbocycles. The largest absolute Gasteiger partial charge is 0.398 e. The van der Waals surface area contributed by atoms with Crippen LogP contribution in [0, 0.1) is 13.8 Å². The van der Waals surface area contributed by atoms with Crippen LogP contribution in [0.4, 0.5) is 11.4 Å². The van der Waals surface area contributed by atoms with Gasteiger partial charge < -0.3 is 11.1 Å². The topological polar surface area (TPSA) is 55.1 Å². The number of rotatable bonds is 4. The average Bonchev–Trinajstić information content (AvgIpc) is 2.43. The van der Waals surface area contributed by atoms with Crippen LogP contribution in [0.25, 0.3) is 0 Å². The number of nitrogen functional groups attached to an aromatic ring is 1. The zero-order valence-electron chi connectivity index (χ0n) is 12.9. The summed E-state index contributed by atoms with van der Waals surface area (Å²) in [5.74, 6) is -0.0260. The van der Waals surface area contributed by atoms with Crippen molar-refractivity contribution < 1.29 is 4.79 Å². The third-order valence-electron chi connectivity index (χ3n) is 3.75. The van der Waals surface area contributed by atoms with Gasteiger partial charge in [0.05, 0.1) is 6.42 Å². The first-order valence-corrected chi connectivity index (χ1v) is 7.24. The van der Waals surface area contributed by atoms with E-state index in [1.807, 2.05) is 30.3 Å². The fourth-order valence-electron chi connectivity index (χ4n) is 2.30. The molecule has 1 amide bonds. The summed E-state index contributed by atoms with van der Waals surface area (Å²) < 4.78 is 0. The summed E-state index contributed by atoms with van der Waals surface area (Å²) in [7, 11) is 0. The van der Waals surface area contributed by atoms with Crippen molar-refractivity contribution in [1.29, 1.82) is 0 Å². The fraction of sp³-hybridized carbons (Fsp3) is 0.278. The van der Waals surface area contributed by atoms with Crippen LogP contribution < -0.4 is 11.1 Å². The quantitative estimate of drug-likeness (QED) is 0.841. The molecule has 3 nitrogen and oxygen atoms in total. The second-order valence-electron chi connectivity index (χ2n) is 5.41. The van der Waals surface area contributed by atoms with E-state index < -0.39 is 0 Å². The summed E-state index contributed by atoms with van der Waals surface area (Å²) in [5.41, 5.74) is 12.0. The normalized spacial score (nSPS) is 10.4. The molecule has 0 atom stereocenters. The number of carbonyl (C=O) groups excluding carboxylic acids is 1. The molecular formula is C18H22N2O. The molecule has 0 saturated heterocycles. The number of amides is 1. The summed E-state index contributed by atoms with van der Waals surface area (Å²) in [6.07, 6.45) is 1.26. The van der Waals surface area contributed by atoms with E-state index in [2.05, 4.69) is 32.2 Å². The molecule has 21 heavy (non-hydrogen) atoms. The van der Waals surface area contributed by atoms with E-state index in [0.29, 0.717) is 6.42 Å². The number of aryl methyl sites for hydroxylation is 3. The van der Waals surface area contributed by atoms with Crippen LogP contribution in [-0.4, -0.2) is 5.91 Å². The van der Waals surface area contributed by atoms with Crippen molar-refractivity contribution in [1.82, 2.24) is 0 Å². The Morgan fingerprint density at radius 3 is 2.48 bits per heavy atom. The predicted octanol–water partition coefficient (Wildman–Crippen LogP) is 3.63. The van der Waals surface area contributed by atoms with E-state index in [4.69, 9.17) is 5.73 Å². The molecule has 0 aromatic heterocycles. The van der Waals surface area contributed by atoms with E-state index in [1.54, 1.807) is 0 Å². The van der Waals surface area contributed by atoms with Gasteiger partial charge in [0.25, 0.3) is 0 Å². The van der Waals surface area contributed by atoms with Crippen molar-refractivity contribution >= 4 is 17.3 Å². The first-order chi connectivity index (χ1) is 9.99. The van der Waals surface area contributed by atoms with Crippen molar-refractivity contribution in [2.24, 2.45) is 0 Å². The van der Waals surface area contributed by atoms with Gasteiger partial charge in [-0.25, -0.2) is 0 Å². The first-order valence-electron chi connectivity index (χ1n) is 7.24. The Morgan fingerprint density at radius 1 is 1.10 bits per heavy atom. The second-order valence-corrected chi connectivity index (χ2v) is 5.41. The van der Waals surface area contributed by atoms with Gasteiger partial charge in [-0.2, -0.15) is 0 Å². The highest BCUT2D eigenvalue weighted by Crippen LogP contribution is 2.19. The lowest BCUT2D eigenvalue weighted by Gasteiger charge is -2.09. The molecule has 0 unspecified atom stereocenters. The first kappa shape index (κ1) is 15.1. The minimum Gasteiger partial charge on any atom is -0.398 e. The van der Waals surface area contributed by atoms with Gasteiger partial charge in [0.2, 0.25) is 5.91 Å². The van der Waals surface area contributed by atoms with Gasteiger partial charge in [0.15, 0.2) is 0 Å². The average molecular weight is 282 g/mol. The van der Waals surface area contributed by atoms with Gasteiger partial charge in [0.1, 0.15) is 0 Å². The molecule has 0 radical (unpaired) electrons. The standard InChI is InChI=1S/C18H22N2O/c1-4-15-7-8-16(11-17(15)19)20-18(21)10-14-6-5-12(2)13(3)9-14/h5-9,11H,4,10,19H2,1-3H3,(H,20,21). The Balaban J connectivity index is 2.04. The molecule has 0 aliphatic heterocycles. The highest BCUT2D eigenvalue weighted by Gasteiger charge is 2.06. The van der Waals surface area contributed by atoms with Gasteiger partial charge >= 0.3 is 0 Å². The molecule has 0 fully saturated rings. The molecule has 3 N–H and O–H groups in total. The van der Waals surface area contributed by atoms with Crippen LogP contribution in [0.2, 0.25) is 0 Å². The van der Waals surface area contributed by atoms with Crippen LogP contribution in [0.15, 0.2) is 36.4 Å². The van der Waals surface area contributed by atoms with Gasteiger partial charge in [-0.3, -0.25) is 4.79 Å². The summed E-state index contributed by atoms with van der Waals surface area (Å²) >= 11 is 0. The highest BCUT2D eigenvalue weighted by molar-refractivity contribution is 5.92. The molecule has 0 spiro atoms. The Hall–Kier alpha value is -2.29. The van der Waals surface area contributed by atoms with Gasteiger partial charge in [-0.05, 0) is 54.7 Å². The molecular weight excluding hydrogens is 260 g/mol. The van der Waals surface area contributed by atoms with Crippen LogP contribution in [-0.2, 0) is 17.6 Å². The molecule has 2 rings (SSSR count). The predicted molar refractivity (Wildman–Crippen MR) is 88.5 cm³/mol. The number of nitrogens with two attached hydrogens (primary N) is 1. The third kappa shape index (κ3) is 3.85. The maximum atomic E-state index is 12.1. The van der Waals surface area contributed by atoms with Crippen molar-refractivity contribution in [3.8, 4) is 0 Å². The lowest BCUT2D eigenvalue weighted by atomic mass is 10.0. The van der Waals surface area contributed by atoms with Crippen LogP contribution in [0.1, 0.15) is 29.2 Å². The van der Waals surface area contributed by atoms with E-state index in [1.165, 1.54) is 11.1 Å². The Bertz CT molecular complexity index is 662. The number of carbonyl (C=O) groups is 1. The Morgan fingerprint density at radius 2 is 1.86 bits per heavy atom. The van der Waals surface area contributed by atoms with E-state index in [-0.39, 0.29) is 5.91 Å². The highest BCUT2D eigenvalue weighted by atomic mass is 16.1. The SMILES string of the molecule is CCc1ccc(NC(=O)Cc2ccc(C)c(C)c2)cc1N. The molecule has 3 heteroatoms. The minimum atomic E-state index is -0.0260. The van der Waals surface area contributed by atoms with Gasteiger partial charge in [0, 0.05) is 11.4 Å². The minimum absolute atomic E-state index is 0.0260. The fourth-order valence-corrected chi connectivity index (χ4v) is 2.30. The summed E-state index contributed by atoms with van der Waals surface area (Å²) in [6.45, 7) is 6.18. The van der Waals surface area contributed by atoms with E-state index in [9.17, 15) is 4.79 Å². The number of hydrogen-bond donors (Lipinski definition) is 2. The van der Waals surface area contributed by atoms with E-state index >= 15 is 0 Å². The van der Waals surface area contributed by atoms with Crippen molar-refractivity contribution in [3.63, 3.8) is 0 Å². The smallest absolute Gasteiger partial charge is 0.228 e. The molecule has 110 valence electrons. The molecule has 0 aliphatic carbocycles.